The molecule has 0 aliphatic heterocycles. The zero-order chi connectivity index (χ0) is 25.2. The van der Waals surface area contributed by atoms with Crippen molar-refractivity contribution in [2.45, 2.75) is 39.2 Å². The van der Waals surface area contributed by atoms with Crippen LogP contribution in [0.1, 0.15) is 43.4 Å². The third-order valence-corrected chi connectivity index (χ3v) is 5.76. The van der Waals surface area contributed by atoms with E-state index in [2.05, 4.69) is 50.2 Å². The van der Waals surface area contributed by atoms with Crippen molar-refractivity contribution in [3.8, 4) is 22.6 Å². The number of hydrogen-bond acceptors (Lipinski definition) is 4. The Morgan fingerprint density at radius 1 is 1.00 bits per heavy atom. The van der Waals surface area contributed by atoms with Crippen LogP contribution in [0.15, 0.2) is 72.8 Å². The van der Waals surface area contributed by atoms with Crippen LogP contribution in [-0.2, 0) is 16.0 Å². The van der Waals surface area contributed by atoms with Crippen LogP contribution in [-0.4, -0.2) is 37.5 Å². The molecule has 0 unspecified atom stereocenters. The lowest BCUT2D eigenvalue weighted by Crippen LogP contribution is -2.26. The Bertz CT molecular complexity index is 1110. The first-order valence-corrected chi connectivity index (χ1v) is 11.9. The maximum atomic E-state index is 11.2. The number of carbonyl (C=O) groups is 1. The molecule has 3 aromatic rings. The molecule has 0 aromatic heterocycles. The molecule has 1 atom stereocenters. The van der Waals surface area contributed by atoms with E-state index in [4.69, 9.17) is 14.2 Å². The van der Waals surface area contributed by atoms with E-state index in [-0.39, 0.29) is 0 Å². The summed E-state index contributed by atoms with van der Waals surface area (Å²) in [5.74, 6) is 1.10. The van der Waals surface area contributed by atoms with Crippen molar-refractivity contribution in [1.82, 2.24) is 0 Å². The Morgan fingerprint density at radius 2 is 1.71 bits per heavy atom. The maximum absolute atomic E-state index is 11.2. The van der Waals surface area contributed by atoms with E-state index in [1.54, 1.807) is 14.0 Å². The fourth-order valence-corrected chi connectivity index (χ4v) is 3.77. The minimum atomic E-state index is -0.950. The van der Waals surface area contributed by atoms with E-state index in [1.165, 1.54) is 5.56 Å². The number of hydrogen-bond donors (Lipinski definition) is 1. The SMILES string of the molecule is CCO[C@@H](Cc1ccc(OC/C=C/c2ccc(-c3cc(C(C)C)ccc3OC)cc2)cc1)C(=O)O. The number of benzene rings is 3. The van der Waals surface area contributed by atoms with Crippen LogP contribution in [0.25, 0.3) is 17.2 Å². The number of ether oxygens (including phenoxy) is 3. The van der Waals surface area contributed by atoms with Gasteiger partial charge in [0.1, 0.15) is 18.1 Å². The van der Waals surface area contributed by atoms with Crippen molar-refractivity contribution in [2.75, 3.05) is 20.3 Å². The van der Waals surface area contributed by atoms with E-state index < -0.39 is 12.1 Å². The standard InChI is InChI=1S/C30H34O5/c1-5-34-29(30(31)32)19-23-10-15-26(16-11-23)35-18-6-7-22-8-12-24(13-9-22)27-20-25(21(2)3)14-17-28(27)33-4/h6-17,20-21,29H,5,18-19H2,1-4H3,(H,31,32)/b7-6+/t29-/m0/s1. The van der Waals surface area contributed by atoms with E-state index in [0.29, 0.717) is 25.6 Å². The highest BCUT2D eigenvalue weighted by atomic mass is 16.5. The highest BCUT2D eigenvalue weighted by Crippen LogP contribution is 2.33. The third-order valence-electron chi connectivity index (χ3n) is 5.76. The van der Waals surface area contributed by atoms with Crippen LogP contribution < -0.4 is 9.47 Å². The molecule has 0 saturated carbocycles. The Kier molecular flexibility index (Phi) is 9.50. The van der Waals surface area contributed by atoms with Gasteiger partial charge in [-0.2, -0.15) is 0 Å². The van der Waals surface area contributed by atoms with Gasteiger partial charge in [-0.1, -0.05) is 62.4 Å². The normalized spacial score (nSPS) is 12.1. The van der Waals surface area contributed by atoms with Crippen LogP contribution >= 0.6 is 0 Å². The summed E-state index contributed by atoms with van der Waals surface area (Å²) in [5, 5.41) is 9.22. The van der Waals surface area contributed by atoms with Crippen LogP contribution in [0, 0.1) is 0 Å². The summed E-state index contributed by atoms with van der Waals surface area (Å²) in [6.07, 6.45) is 3.49. The molecular weight excluding hydrogens is 440 g/mol. The molecule has 1 N–H and O–H groups in total. The molecule has 0 aliphatic carbocycles. The molecule has 0 amide bonds. The Morgan fingerprint density at radius 3 is 2.31 bits per heavy atom. The summed E-state index contributed by atoms with van der Waals surface area (Å²) >= 11 is 0. The Balaban J connectivity index is 1.56. The average molecular weight is 475 g/mol. The summed E-state index contributed by atoms with van der Waals surface area (Å²) in [6.45, 7) is 6.97. The van der Waals surface area contributed by atoms with Crippen LogP contribution in [0.5, 0.6) is 11.5 Å². The van der Waals surface area contributed by atoms with Crippen molar-refractivity contribution in [3.05, 3.63) is 89.5 Å². The lowest BCUT2D eigenvalue weighted by Gasteiger charge is -2.13. The third kappa shape index (κ3) is 7.46. The van der Waals surface area contributed by atoms with Gasteiger partial charge in [0.05, 0.1) is 7.11 Å². The Labute approximate surface area is 208 Å². The molecule has 0 fully saturated rings. The predicted octanol–water partition coefficient (Wildman–Crippen LogP) is 6.61. The minimum absolute atomic E-state index is 0.326. The number of carboxylic acid groups (broad SMARTS) is 1. The molecule has 5 nitrogen and oxygen atoms in total. The lowest BCUT2D eigenvalue weighted by molar-refractivity contribution is -0.149. The van der Waals surface area contributed by atoms with Gasteiger partial charge in [0.25, 0.3) is 0 Å². The van der Waals surface area contributed by atoms with Crippen molar-refractivity contribution < 1.29 is 24.1 Å². The molecule has 0 radical (unpaired) electrons. The predicted molar refractivity (Wildman–Crippen MR) is 140 cm³/mol. The number of rotatable bonds is 12. The zero-order valence-corrected chi connectivity index (χ0v) is 20.9. The second-order valence-electron chi connectivity index (χ2n) is 8.58. The summed E-state index contributed by atoms with van der Waals surface area (Å²) in [4.78, 5) is 11.2. The van der Waals surface area contributed by atoms with Gasteiger partial charge in [-0.3, -0.25) is 0 Å². The number of carboxylic acids is 1. The fourth-order valence-electron chi connectivity index (χ4n) is 3.77. The van der Waals surface area contributed by atoms with Crippen LogP contribution in [0.2, 0.25) is 0 Å². The van der Waals surface area contributed by atoms with E-state index >= 15 is 0 Å². The molecule has 0 heterocycles. The average Bonchev–Trinajstić information content (AvgIpc) is 2.87. The highest BCUT2D eigenvalue weighted by molar-refractivity contribution is 5.73. The Hall–Kier alpha value is -3.57. The molecule has 3 rings (SSSR count). The number of methoxy groups -OCH3 is 1. The van der Waals surface area contributed by atoms with Gasteiger partial charge >= 0.3 is 5.97 Å². The maximum Gasteiger partial charge on any atom is 0.333 e. The van der Waals surface area contributed by atoms with Gasteiger partial charge in [0.2, 0.25) is 0 Å². The molecule has 35 heavy (non-hydrogen) atoms. The molecule has 0 aliphatic rings. The summed E-state index contributed by atoms with van der Waals surface area (Å²) in [6, 6.07) is 22.2. The van der Waals surface area contributed by atoms with Gasteiger partial charge in [-0.15, -0.1) is 0 Å². The van der Waals surface area contributed by atoms with E-state index in [9.17, 15) is 9.90 Å². The topological polar surface area (TPSA) is 65.0 Å². The minimum Gasteiger partial charge on any atom is -0.496 e. The van der Waals surface area contributed by atoms with Crippen LogP contribution in [0.4, 0.5) is 0 Å². The summed E-state index contributed by atoms with van der Waals surface area (Å²) in [5.41, 5.74) is 5.47. The summed E-state index contributed by atoms with van der Waals surface area (Å²) < 4.78 is 16.6. The quantitative estimate of drug-likeness (QED) is 0.320. The summed E-state index contributed by atoms with van der Waals surface area (Å²) in [7, 11) is 1.70. The first kappa shape index (κ1) is 26.0. The molecule has 0 spiro atoms. The highest BCUT2D eigenvalue weighted by Gasteiger charge is 2.17. The smallest absolute Gasteiger partial charge is 0.333 e. The molecule has 0 saturated heterocycles. The van der Waals surface area contributed by atoms with E-state index in [1.807, 2.05) is 42.5 Å². The molecule has 184 valence electrons. The van der Waals surface area contributed by atoms with Gasteiger partial charge in [0, 0.05) is 18.6 Å². The van der Waals surface area contributed by atoms with Crippen molar-refractivity contribution >= 4 is 12.0 Å². The van der Waals surface area contributed by atoms with Gasteiger partial charge < -0.3 is 19.3 Å². The first-order chi connectivity index (χ1) is 16.9. The first-order valence-electron chi connectivity index (χ1n) is 11.9. The number of aliphatic carboxylic acids is 1. The van der Waals surface area contributed by atoms with Gasteiger partial charge in [-0.05, 0) is 65.4 Å². The lowest BCUT2D eigenvalue weighted by atomic mass is 9.96. The zero-order valence-electron chi connectivity index (χ0n) is 20.9. The van der Waals surface area contributed by atoms with Gasteiger partial charge in [0.15, 0.2) is 6.10 Å². The molecule has 0 bridgehead atoms. The van der Waals surface area contributed by atoms with Crippen molar-refractivity contribution in [2.24, 2.45) is 0 Å². The van der Waals surface area contributed by atoms with Crippen LogP contribution in [0.3, 0.4) is 0 Å². The van der Waals surface area contributed by atoms with Gasteiger partial charge in [-0.25, -0.2) is 4.79 Å². The largest absolute Gasteiger partial charge is 0.496 e. The van der Waals surface area contributed by atoms with E-state index in [0.717, 1.165) is 33.8 Å². The van der Waals surface area contributed by atoms with Crippen molar-refractivity contribution in [3.63, 3.8) is 0 Å². The molecule has 3 aromatic carbocycles. The molecule has 5 heteroatoms. The molecular formula is C30H34O5. The second-order valence-corrected chi connectivity index (χ2v) is 8.58. The monoisotopic (exact) mass is 474 g/mol. The van der Waals surface area contributed by atoms with Crippen molar-refractivity contribution in [1.29, 1.82) is 0 Å². The second kappa shape index (κ2) is 12.8. The fraction of sp³-hybridized carbons (Fsp3) is 0.300.